The number of aromatic nitrogens is 1. The van der Waals surface area contributed by atoms with E-state index in [4.69, 9.17) is 9.72 Å². The third-order valence-corrected chi connectivity index (χ3v) is 11.4. The van der Waals surface area contributed by atoms with Crippen LogP contribution in [0.2, 0.25) is 0 Å². The van der Waals surface area contributed by atoms with Crippen molar-refractivity contribution in [2.24, 2.45) is 0 Å². The van der Waals surface area contributed by atoms with Gasteiger partial charge in [0.15, 0.2) is 0 Å². The van der Waals surface area contributed by atoms with Crippen LogP contribution in [-0.4, -0.2) is 114 Å². The molecule has 0 radical (unpaired) electrons. The summed E-state index contributed by atoms with van der Waals surface area (Å²) < 4.78 is 18.9. The van der Waals surface area contributed by atoms with Crippen molar-refractivity contribution < 1.29 is 28.3 Å². The van der Waals surface area contributed by atoms with E-state index in [1.165, 1.54) is 24.3 Å². The summed E-state index contributed by atoms with van der Waals surface area (Å²) in [5, 5.41) is 7.63. The second-order valence-corrected chi connectivity index (χ2v) is 14.7. The van der Waals surface area contributed by atoms with Gasteiger partial charge in [-0.25, -0.2) is 9.37 Å². The SMILES string of the molecule is Cc1sc2nc1CC(=O)N(C1CCN(C(=O)c3ccc(F)cc3)CC1)CC(=O)NCCC[C@H](NC1CCOCC1)C(=O)N1CCC2CC1. The Morgan fingerprint density at radius 2 is 1.69 bits per heavy atom. The average Bonchev–Trinajstić information content (AvgIpc) is 3.47. The minimum Gasteiger partial charge on any atom is -0.381 e. The molecule has 48 heavy (non-hydrogen) atoms. The number of halogens is 1. The molecule has 4 bridgehead atoms. The van der Waals surface area contributed by atoms with Gasteiger partial charge in [0.25, 0.3) is 5.91 Å². The van der Waals surface area contributed by atoms with Gasteiger partial charge in [0.05, 0.1) is 29.7 Å². The van der Waals surface area contributed by atoms with E-state index < -0.39 is 5.82 Å². The zero-order chi connectivity index (χ0) is 33.6. The van der Waals surface area contributed by atoms with E-state index in [-0.39, 0.29) is 60.6 Å². The summed E-state index contributed by atoms with van der Waals surface area (Å²) in [5.74, 6) is -0.578. The molecule has 2 aromatic rings. The highest BCUT2D eigenvalue weighted by molar-refractivity contribution is 7.11. The summed E-state index contributed by atoms with van der Waals surface area (Å²) in [6, 6.07) is 5.22. The monoisotopic (exact) mass is 682 g/mol. The van der Waals surface area contributed by atoms with E-state index in [1.807, 2.05) is 11.8 Å². The van der Waals surface area contributed by atoms with Gasteiger partial charge < -0.3 is 30.1 Å². The number of thiazole rings is 1. The maximum atomic E-state index is 13.9. The van der Waals surface area contributed by atoms with Crippen molar-refractivity contribution in [1.29, 1.82) is 0 Å². The maximum absolute atomic E-state index is 13.9. The Morgan fingerprint density at radius 3 is 2.40 bits per heavy atom. The van der Waals surface area contributed by atoms with E-state index in [9.17, 15) is 23.6 Å². The van der Waals surface area contributed by atoms with Crippen molar-refractivity contribution in [2.75, 3.05) is 52.5 Å². The first kappa shape index (κ1) is 34.4. The van der Waals surface area contributed by atoms with Gasteiger partial charge in [0.2, 0.25) is 17.7 Å². The lowest BCUT2D eigenvalue weighted by Gasteiger charge is -2.38. The first-order chi connectivity index (χ1) is 23.2. The van der Waals surface area contributed by atoms with Gasteiger partial charge in [-0.1, -0.05) is 0 Å². The number of rotatable bonds is 4. The summed E-state index contributed by atoms with van der Waals surface area (Å²) in [5.41, 5.74) is 1.17. The van der Waals surface area contributed by atoms with Crippen molar-refractivity contribution in [2.45, 2.75) is 88.8 Å². The minimum atomic E-state index is -0.395. The summed E-state index contributed by atoms with van der Waals surface area (Å²) >= 11 is 1.63. The first-order valence-corrected chi connectivity index (χ1v) is 18.3. The summed E-state index contributed by atoms with van der Waals surface area (Å²) in [7, 11) is 0. The number of ether oxygens (including phenoxy) is 1. The number of fused-ring (bicyclic) bond motifs is 12. The molecule has 4 amide bonds. The van der Waals surface area contributed by atoms with Crippen molar-refractivity contribution in [1.82, 2.24) is 30.3 Å². The zero-order valence-corrected chi connectivity index (χ0v) is 28.6. The quantitative estimate of drug-likeness (QED) is 0.509. The number of nitrogens with one attached hydrogen (secondary N) is 2. The molecule has 2 N–H and O–H groups in total. The molecule has 7 rings (SSSR count). The first-order valence-electron chi connectivity index (χ1n) is 17.4. The van der Waals surface area contributed by atoms with Crippen LogP contribution in [-0.2, 0) is 25.5 Å². The molecule has 5 aliphatic rings. The third kappa shape index (κ3) is 8.41. The molecule has 0 saturated carbocycles. The standard InChI is InChI=1S/C35H47FN6O5S/c1-23-30-21-32(44)42(28-10-17-40(18-11-28)34(45)25-4-6-26(36)7-5-25)22-31(43)37-14-2-3-29(38-27-12-19-47-20-13-27)35(46)41-15-8-24(9-16-41)33(39-30)48-23/h4-7,24,27-29,38H,2-3,8-22H2,1H3,(H,37,43)/t29-/m0/s1. The number of aryl methyl sites for hydroxylation is 1. The number of hydrogen-bond acceptors (Lipinski definition) is 8. The lowest BCUT2D eigenvalue weighted by molar-refractivity contribution is -0.138. The van der Waals surface area contributed by atoms with E-state index in [0.29, 0.717) is 77.2 Å². The molecule has 11 nitrogen and oxygen atoms in total. The molecule has 6 heterocycles. The molecule has 0 spiro atoms. The number of hydrogen-bond donors (Lipinski definition) is 2. The van der Waals surface area contributed by atoms with Crippen LogP contribution in [0.4, 0.5) is 4.39 Å². The van der Waals surface area contributed by atoms with Gasteiger partial charge >= 0.3 is 0 Å². The Morgan fingerprint density at radius 1 is 0.979 bits per heavy atom. The molecule has 0 aliphatic carbocycles. The molecule has 5 aliphatic heterocycles. The smallest absolute Gasteiger partial charge is 0.253 e. The Labute approximate surface area is 285 Å². The molecule has 260 valence electrons. The fourth-order valence-electron chi connectivity index (χ4n) is 7.35. The molecule has 3 saturated heterocycles. The van der Waals surface area contributed by atoms with E-state index in [2.05, 4.69) is 10.6 Å². The van der Waals surface area contributed by atoms with Crippen molar-refractivity contribution in [3.8, 4) is 0 Å². The molecule has 1 aromatic carbocycles. The van der Waals surface area contributed by atoms with Gasteiger partial charge in [-0.3, -0.25) is 19.2 Å². The third-order valence-electron chi connectivity index (χ3n) is 10.2. The number of piperidine rings is 2. The molecule has 0 unspecified atom stereocenters. The average molecular weight is 683 g/mol. The van der Waals surface area contributed by atoms with Gasteiger partial charge in [0.1, 0.15) is 5.82 Å². The predicted molar refractivity (Wildman–Crippen MR) is 179 cm³/mol. The lowest BCUT2D eigenvalue weighted by Crippen LogP contribution is -2.53. The fourth-order valence-corrected chi connectivity index (χ4v) is 8.46. The van der Waals surface area contributed by atoms with E-state index in [1.54, 1.807) is 21.1 Å². The topological polar surface area (TPSA) is 124 Å². The van der Waals surface area contributed by atoms with Gasteiger partial charge in [-0.05, 0) is 82.6 Å². The van der Waals surface area contributed by atoms with Crippen LogP contribution in [0.25, 0.3) is 0 Å². The van der Waals surface area contributed by atoms with Crippen LogP contribution in [0, 0.1) is 12.7 Å². The van der Waals surface area contributed by atoms with Crippen LogP contribution < -0.4 is 10.6 Å². The van der Waals surface area contributed by atoms with E-state index in [0.717, 1.165) is 41.3 Å². The number of amides is 4. The number of carbonyl (C=O) groups is 4. The second kappa shape index (κ2) is 15.9. The highest BCUT2D eigenvalue weighted by atomic mass is 32.1. The Kier molecular flexibility index (Phi) is 11.4. The molecular weight excluding hydrogens is 635 g/mol. The van der Waals surface area contributed by atoms with Gasteiger partial charge in [-0.2, -0.15) is 0 Å². The van der Waals surface area contributed by atoms with Crippen LogP contribution in [0.5, 0.6) is 0 Å². The van der Waals surface area contributed by atoms with Crippen LogP contribution in [0.3, 0.4) is 0 Å². The second-order valence-electron chi connectivity index (χ2n) is 13.5. The Hall–Kier alpha value is -3.42. The molecule has 3 fully saturated rings. The lowest BCUT2D eigenvalue weighted by atomic mass is 9.96. The molecule has 1 aromatic heterocycles. The minimum absolute atomic E-state index is 0.0788. The van der Waals surface area contributed by atoms with Crippen LogP contribution in [0.1, 0.15) is 83.2 Å². The van der Waals surface area contributed by atoms with Gasteiger partial charge in [-0.15, -0.1) is 11.3 Å². The normalized spacial score (nSPS) is 24.4. The highest BCUT2D eigenvalue weighted by Gasteiger charge is 2.34. The van der Waals surface area contributed by atoms with Crippen LogP contribution in [0.15, 0.2) is 24.3 Å². The van der Waals surface area contributed by atoms with E-state index >= 15 is 0 Å². The van der Waals surface area contributed by atoms with Gasteiger partial charge in [0, 0.05) is 74.4 Å². The van der Waals surface area contributed by atoms with Crippen molar-refractivity contribution in [3.63, 3.8) is 0 Å². The number of likely N-dealkylation sites (tertiary alicyclic amines) is 1. The molecular formula is C35H47FN6O5S. The summed E-state index contributed by atoms with van der Waals surface area (Å²) in [6.45, 7) is 5.91. The number of carbonyl (C=O) groups excluding carboxylic acids is 4. The summed E-state index contributed by atoms with van der Waals surface area (Å²) in [4.78, 5) is 65.4. The molecule has 13 heteroatoms. The van der Waals surface area contributed by atoms with Crippen LogP contribution >= 0.6 is 11.3 Å². The predicted octanol–water partition coefficient (Wildman–Crippen LogP) is 3.02. The molecule has 1 atom stereocenters. The number of benzene rings is 1. The zero-order valence-electron chi connectivity index (χ0n) is 27.8. The highest BCUT2D eigenvalue weighted by Crippen LogP contribution is 2.33. The van der Waals surface area contributed by atoms with Crippen molar-refractivity contribution in [3.05, 3.63) is 51.2 Å². The fraction of sp³-hybridized carbons (Fsp3) is 0.629. The Bertz CT molecular complexity index is 1450. The Balaban J connectivity index is 1.16. The number of nitrogens with zero attached hydrogens (tertiary/aromatic N) is 4. The maximum Gasteiger partial charge on any atom is 0.253 e. The van der Waals surface area contributed by atoms with Crippen molar-refractivity contribution >= 4 is 35.0 Å². The largest absolute Gasteiger partial charge is 0.381 e. The summed E-state index contributed by atoms with van der Waals surface area (Å²) in [6.07, 6.45) is 5.85.